The van der Waals surface area contributed by atoms with E-state index < -0.39 is 0 Å². The zero-order chi connectivity index (χ0) is 9.68. The van der Waals surface area contributed by atoms with E-state index in [0.717, 1.165) is 18.7 Å². The smallest absolute Gasteiger partial charge is 0.157 e. The molecule has 13 heavy (non-hydrogen) atoms. The molecule has 0 radical (unpaired) electrons. The van der Waals surface area contributed by atoms with E-state index in [1.54, 1.807) is 6.92 Å². The minimum atomic E-state index is 0.186. The van der Waals surface area contributed by atoms with E-state index in [2.05, 4.69) is 18.0 Å². The first-order chi connectivity index (χ1) is 6.24. The molecule has 1 aliphatic heterocycles. The minimum absolute atomic E-state index is 0.186. The number of unbranched alkanes of at least 4 members (excludes halogenated alkanes) is 1. The third-order valence-electron chi connectivity index (χ3n) is 2.22. The number of hydrogen-bond donors (Lipinski definition) is 0. The van der Waals surface area contributed by atoms with Gasteiger partial charge >= 0.3 is 0 Å². The zero-order valence-corrected chi connectivity index (χ0v) is 8.42. The molecule has 0 saturated carbocycles. The quantitative estimate of drug-likeness (QED) is 0.659. The summed E-state index contributed by atoms with van der Waals surface area (Å²) in [6.07, 6.45) is 8.31. The Labute approximate surface area is 79.9 Å². The van der Waals surface area contributed by atoms with Crippen molar-refractivity contribution < 1.29 is 4.79 Å². The van der Waals surface area contributed by atoms with Gasteiger partial charge in [-0.1, -0.05) is 19.4 Å². The molecule has 0 aromatic rings. The second-order valence-electron chi connectivity index (χ2n) is 3.41. The van der Waals surface area contributed by atoms with Crippen molar-refractivity contribution in [2.75, 3.05) is 13.1 Å². The Morgan fingerprint density at radius 3 is 3.00 bits per heavy atom. The van der Waals surface area contributed by atoms with Gasteiger partial charge in [-0.3, -0.25) is 4.79 Å². The third kappa shape index (κ3) is 3.05. The summed E-state index contributed by atoms with van der Waals surface area (Å²) in [5, 5.41) is 0. The maximum Gasteiger partial charge on any atom is 0.157 e. The van der Waals surface area contributed by atoms with Crippen LogP contribution in [0, 0.1) is 0 Å². The van der Waals surface area contributed by atoms with Crippen molar-refractivity contribution in [3.63, 3.8) is 0 Å². The van der Waals surface area contributed by atoms with Crippen LogP contribution in [-0.4, -0.2) is 23.8 Å². The first kappa shape index (κ1) is 10.0. The van der Waals surface area contributed by atoms with E-state index in [4.69, 9.17) is 0 Å². The van der Waals surface area contributed by atoms with E-state index in [-0.39, 0.29) is 5.78 Å². The minimum Gasteiger partial charge on any atom is -0.373 e. The lowest BCUT2D eigenvalue weighted by molar-refractivity contribution is -0.113. The summed E-state index contributed by atoms with van der Waals surface area (Å²) in [7, 11) is 0. The summed E-state index contributed by atoms with van der Waals surface area (Å²) in [6.45, 7) is 5.64. The number of ketones is 1. The molecule has 0 unspecified atom stereocenters. The predicted molar refractivity (Wildman–Crippen MR) is 54.4 cm³/mol. The highest BCUT2D eigenvalue weighted by molar-refractivity contribution is 5.94. The maximum absolute atomic E-state index is 11.1. The molecule has 2 heteroatoms. The fourth-order valence-corrected chi connectivity index (χ4v) is 1.35. The van der Waals surface area contributed by atoms with Gasteiger partial charge in [0.15, 0.2) is 5.78 Å². The van der Waals surface area contributed by atoms with Crippen LogP contribution in [0.15, 0.2) is 23.9 Å². The highest BCUT2D eigenvalue weighted by Crippen LogP contribution is 2.09. The predicted octanol–water partition coefficient (Wildman–Crippen LogP) is 2.13. The Morgan fingerprint density at radius 1 is 1.62 bits per heavy atom. The highest BCUT2D eigenvalue weighted by Gasteiger charge is 2.09. The molecule has 2 nitrogen and oxygen atoms in total. The zero-order valence-electron chi connectivity index (χ0n) is 8.42. The Bertz CT molecular complexity index is 240. The standard InChI is InChI=1S/C11H17NO/c1-3-4-7-12-8-5-6-11(9-12)10(2)13/h5-6,8H,3-4,7,9H2,1-2H3. The van der Waals surface area contributed by atoms with Crippen molar-refractivity contribution in [1.29, 1.82) is 0 Å². The Morgan fingerprint density at radius 2 is 2.38 bits per heavy atom. The topological polar surface area (TPSA) is 20.3 Å². The molecule has 0 aromatic heterocycles. The number of Topliss-reactive ketones (excluding diaryl/α,β-unsaturated/α-hetero) is 1. The van der Waals surface area contributed by atoms with E-state index >= 15 is 0 Å². The van der Waals surface area contributed by atoms with Crippen LogP contribution in [0.5, 0.6) is 0 Å². The van der Waals surface area contributed by atoms with Crippen LogP contribution in [0.1, 0.15) is 26.7 Å². The normalized spacial score (nSPS) is 15.8. The van der Waals surface area contributed by atoms with Crippen LogP contribution in [0.3, 0.4) is 0 Å². The van der Waals surface area contributed by atoms with E-state index in [9.17, 15) is 4.79 Å². The molecular formula is C11H17NO. The summed E-state index contributed by atoms with van der Waals surface area (Å²) in [5.74, 6) is 0.186. The molecule has 0 bridgehead atoms. The number of hydrogen-bond acceptors (Lipinski definition) is 2. The van der Waals surface area contributed by atoms with Gasteiger partial charge in [0.2, 0.25) is 0 Å². The largest absolute Gasteiger partial charge is 0.373 e. The fourth-order valence-electron chi connectivity index (χ4n) is 1.35. The molecule has 0 N–H and O–H groups in total. The third-order valence-corrected chi connectivity index (χ3v) is 2.22. The van der Waals surface area contributed by atoms with Gasteiger partial charge in [0, 0.05) is 18.7 Å². The summed E-state index contributed by atoms with van der Waals surface area (Å²) in [6, 6.07) is 0. The number of carbonyl (C=O) groups is 1. The Kier molecular flexibility index (Phi) is 3.74. The van der Waals surface area contributed by atoms with Crippen LogP contribution in [0.2, 0.25) is 0 Å². The van der Waals surface area contributed by atoms with Crippen molar-refractivity contribution in [1.82, 2.24) is 4.90 Å². The number of carbonyl (C=O) groups excluding carboxylic acids is 1. The Balaban J connectivity index is 2.45. The van der Waals surface area contributed by atoms with Gasteiger partial charge in [-0.05, 0) is 25.6 Å². The lowest BCUT2D eigenvalue weighted by atomic mass is 10.1. The molecule has 72 valence electrons. The summed E-state index contributed by atoms with van der Waals surface area (Å²) >= 11 is 0. The van der Waals surface area contributed by atoms with E-state index in [1.807, 2.05) is 12.2 Å². The van der Waals surface area contributed by atoms with Crippen molar-refractivity contribution in [2.45, 2.75) is 26.7 Å². The van der Waals surface area contributed by atoms with Crippen LogP contribution < -0.4 is 0 Å². The number of rotatable bonds is 4. The van der Waals surface area contributed by atoms with Crippen molar-refractivity contribution in [2.24, 2.45) is 0 Å². The fraction of sp³-hybridized carbons (Fsp3) is 0.545. The SMILES string of the molecule is CCCCN1C=CC=C(C(C)=O)C1. The van der Waals surface area contributed by atoms with Gasteiger partial charge in [0.25, 0.3) is 0 Å². The maximum atomic E-state index is 11.1. The average molecular weight is 179 g/mol. The summed E-state index contributed by atoms with van der Waals surface area (Å²) in [4.78, 5) is 13.3. The number of allylic oxidation sites excluding steroid dienone is 2. The summed E-state index contributed by atoms with van der Waals surface area (Å²) in [5.41, 5.74) is 0.915. The van der Waals surface area contributed by atoms with Crippen LogP contribution in [0.25, 0.3) is 0 Å². The van der Waals surface area contributed by atoms with E-state index in [0.29, 0.717) is 0 Å². The van der Waals surface area contributed by atoms with Crippen LogP contribution in [0.4, 0.5) is 0 Å². The molecule has 0 saturated heterocycles. The van der Waals surface area contributed by atoms with Gasteiger partial charge < -0.3 is 4.90 Å². The monoisotopic (exact) mass is 179 g/mol. The molecule has 1 rings (SSSR count). The second-order valence-corrected chi connectivity index (χ2v) is 3.41. The van der Waals surface area contributed by atoms with Crippen molar-refractivity contribution >= 4 is 5.78 Å². The average Bonchev–Trinajstić information content (AvgIpc) is 2.15. The lowest BCUT2D eigenvalue weighted by Crippen LogP contribution is -2.25. The molecule has 0 spiro atoms. The second kappa shape index (κ2) is 4.85. The molecule has 1 heterocycles. The van der Waals surface area contributed by atoms with Gasteiger partial charge in [0.1, 0.15) is 0 Å². The van der Waals surface area contributed by atoms with Crippen molar-refractivity contribution in [3.05, 3.63) is 23.9 Å². The van der Waals surface area contributed by atoms with E-state index in [1.165, 1.54) is 12.8 Å². The molecule has 0 fully saturated rings. The van der Waals surface area contributed by atoms with Gasteiger partial charge in [-0.15, -0.1) is 0 Å². The van der Waals surface area contributed by atoms with Gasteiger partial charge in [0.05, 0.1) is 0 Å². The molecule has 0 aromatic carbocycles. The molecule has 0 aliphatic carbocycles. The van der Waals surface area contributed by atoms with Gasteiger partial charge in [-0.2, -0.15) is 0 Å². The van der Waals surface area contributed by atoms with Crippen LogP contribution >= 0.6 is 0 Å². The lowest BCUT2D eigenvalue weighted by Gasteiger charge is -2.23. The Hall–Kier alpha value is -1.05. The highest BCUT2D eigenvalue weighted by atomic mass is 16.1. The van der Waals surface area contributed by atoms with Crippen molar-refractivity contribution in [3.8, 4) is 0 Å². The van der Waals surface area contributed by atoms with Gasteiger partial charge in [-0.25, -0.2) is 0 Å². The molecule has 1 aliphatic rings. The molecule has 0 atom stereocenters. The number of nitrogens with zero attached hydrogens (tertiary/aromatic N) is 1. The molecular weight excluding hydrogens is 162 g/mol. The molecule has 0 amide bonds. The van der Waals surface area contributed by atoms with Crippen LogP contribution in [-0.2, 0) is 4.79 Å². The summed E-state index contributed by atoms with van der Waals surface area (Å²) < 4.78 is 0. The first-order valence-corrected chi connectivity index (χ1v) is 4.86. The first-order valence-electron chi connectivity index (χ1n) is 4.86.